The van der Waals surface area contributed by atoms with Gasteiger partial charge in [0.1, 0.15) is 38.4 Å². The van der Waals surface area contributed by atoms with Crippen LogP contribution in [0.15, 0.2) is 47.7 Å². The van der Waals surface area contributed by atoms with Gasteiger partial charge in [-0.1, -0.05) is 23.2 Å². The molecule has 0 radical (unpaired) electrons. The average Bonchev–Trinajstić information content (AvgIpc) is 3.50. The first-order valence-electron chi connectivity index (χ1n) is 11.3. The number of halogens is 2. The van der Waals surface area contributed by atoms with Crippen LogP contribution in [0.4, 0.5) is 5.69 Å². The fourth-order valence-corrected chi connectivity index (χ4v) is 4.87. The third-order valence-corrected chi connectivity index (χ3v) is 6.85. The number of nitrogens with one attached hydrogen (secondary N) is 1. The van der Waals surface area contributed by atoms with Gasteiger partial charge in [-0.25, -0.2) is 9.98 Å². The summed E-state index contributed by atoms with van der Waals surface area (Å²) in [5.74, 6) is 0.819. The highest BCUT2D eigenvalue weighted by molar-refractivity contribution is 6.40. The lowest BCUT2D eigenvalue weighted by atomic mass is 10.2. The number of nitrogens with zero attached hydrogens (tertiary/aromatic N) is 5. The lowest BCUT2D eigenvalue weighted by Gasteiger charge is -2.17. The Hall–Kier alpha value is -3.56. The Bertz CT molecular complexity index is 1520. The lowest BCUT2D eigenvalue weighted by Crippen LogP contribution is -2.34. The molecule has 1 fully saturated rings. The minimum Gasteiger partial charge on any atom is -0.495 e. The van der Waals surface area contributed by atoms with Crippen LogP contribution in [0, 0.1) is 0 Å². The number of carbonyl (C=O) groups is 1. The Morgan fingerprint density at radius 2 is 1.86 bits per heavy atom. The Kier molecular flexibility index (Phi) is 6.59. The minimum atomic E-state index is -0.0586. The third kappa shape index (κ3) is 4.52. The quantitative estimate of drug-likeness (QED) is 0.404. The summed E-state index contributed by atoms with van der Waals surface area (Å²) in [6.45, 7) is 0.474. The molecule has 5 rings (SSSR count). The van der Waals surface area contributed by atoms with Crippen molar-refractivity contribution in [2.45, 2.75) is 25.4 Å². The molecule has 1 atom stereocenters. The monoisotopic (exact) mass is 526 g/mol. The third-order valence-electron chi connectivity index (χ3n) is 6.11. The first kappa shape index (κ1) is 24.1. The van der Waals surface area contributed by atoms with Crippen molar-refractivity contribution in [1.29, 1.82) is 0 Å². The molecule has 0 saturated carbocycles. The Labute approximate surface area is 217 Å². The van der Waals surface area contributed by atoms with E-state index in [0.717, 1.165) is 23.1 Å². The number of ether oxygens (including phenoxy) is 2. The zero-order valence-electron chi connectivity index (χ0n) is 20.0. The van der Waals surface area contributed by atoms with Gasteiger partial charge in [0.25, 0.3) is 0 Å². The fraction of sp³-hybridized carbons (Fsp3) is 0.280. The van der Waals surface area contributed by atoms with E-state index in [1.807, 2.05) is 42.1 Å². The molecule has 1 aromatic carbocycles. The van der Waals surface area contributed by atoms with E-state index in [9.17, 15) is 4.79 Å². The normalized spacial score (nSPS) is 16.0. The van der Waals surface area contributed by atoms with E-state index in [1.165, 1.54) is 14.2 Å². The molecule has 11 heteroatoms. The number of aryl methyl sites for hydroxylation is 1. The van der Waals surface area contributed by atoms with Crippen LogP contribution in [0.25, 0.3) is 22.3 Å². The number of hydrogen-bond donors (Lipinski definition) is 1. The van der Waals surface area contributed by atoms with Crippen molar-refractivity contribution in [2.75, 3.05) is 14.2 Å². The Balaban J connectivity index is 1.75. The largest absolute Gasteiger partial charge is 0.495 e. The molecule has 0 bridgehead atoms. The second-order valence-corrected chi connectivity index (χ2v) is 9.24. The van der Waals surface area contributed by atoms with Gasteiger partial charge in [0.2, 0.25) is 5.91 Å². The van der Waals surface area contributed by atoms with Gasteiger partial charge in [0.05, 0.1) is 26.1 Å². The second kappa shape index (κ2) is 9.83. The lowest BCUT2D eigenvalue weighted by molar-refractivity contribution is -0.119. The predicted molar refractivity (Wildman–Crippen MR) is 138 cm³/mol. The van der Waals surface area contributed by atoms with E-state index < -0.39 is 0 Å². The summed E-state index contributed by atoms with van der Waals surface area (Å²) in [4.78, 5) is 21.7. The molecule has 4 heterocycles. The van der Waals surface area contributed by atoms with Crippen LogP contribution in [-0.4, -0.2) is 45.5 Å². The summed E-state index contributed by atoms with van der Waals surface area (Å²) in [6.07, 6.45) is 4.89. The molecule has 1 amide bonds. The molecular formula is C25H24Cl2N6O3. The smallest absolute Gasteiger partial charge is 0.220 e. The van der Waals surface area contributed by atoms with Gasteiger partial charge in [-0.2, -0.15) is 5.10 Å². The number of hydrogen-bond acceptors (Lipinski definition) is 6. The molecule has 1 N–H and O–H groups in total. The van der Waals surface area contributed by atoms with Crippen LogP contribution >= 0.6 is 23.2 Å². The number of fused-ring (bicyclic) bond motifs is 1. The van der Waals surface area contributed by atoms with Crippen molar-refractivity contribution >= 4 is 45.8 Å². The van der Waals surface area contributed by atoms with E-state index >= 15 is 0 Å². The fourth-order valence-electron chi connectivity index (χ4n) is 4.28. The number of methoxy groups -OCH3 is 2. The van der Waals surface area contributed by atoms with E-state index in [2.05, 4.69) is 10.4 Å². The summed E-state index contributed by atoms with van der Waals surface area (Å²) in [5, 5.41) is 8.75. The molecule has 0 aliphatic carbocycles. The summed E-state index contributed by atoms with van der Waals surface area (Å²) >= 11 is 13.2. The van der Waals surface area contributed by atoms with Gasteiger partial charge in [-0.15, -0.1) is 0 Å². The van der Waals surface area contributed by atoms with E-state index in [4.69, 9.17) is 42.7 Å². The van der Waals surface area contributed by atoms with Crippen LogP contribution < -0.4 is 20.3 Å². The molecule has 0 spiro atoms. The Morgan fingerprint density at radius 1 is 1.14 bits per heavy atom. The first-order valence-corrected chi connectivity index (χ1v) is 12.1. The maximum absolute atomic E-state index is 11.9. The summed E-state index contributed by atoms with van der Waals surface area (Å²) < 4.78 is 14.5. The van der Waals surface area contributed by atoms with Crippen LogP contribution in [0.3, 0.4) is 0 Å². The molecule has 1 saturated heterocycles. The molecular weight excluding hydrogens is 503 g/mol. The Morgan fingerprint density at radius 3 is 2.47 bits per heavy atom. The zero-order valence-corrected chi connectivity index (χ0v) is 21.5. The van der Waals surface area contributed by atoms with Crippen LogP contribution in [0.2, 0.25) is 10.0 Å². The van der Waals surface area contributed by atoms with Crippen LogP contribution in [0.1, 0.15) is 12.8 Å². The van der Waals surface area contributed by atoms with Gasteiger partial charge in [0, 0.05) is 49.3 Å². The molecule has 3 aromatic heterocycles. The number of rotatable bonds is 6. The van der Waals surface area contributed by atoms with Gasteiger partial charge in [-0.3, -0.25) is 9.48 Å². The molecule has 9 nitrogen and oxygen atoms in total. The topological polar surface area (TPSA) is 95.6 Å². The molecule has 36 heavy (non-hydrogen) atoms. The standard InChI is InChI=1S/C25H24Cl2N6O3/c1-32-12-15(11-28-32)17-7-4-14-5-8-20(33(25(14)30-17)13-16-6-9-21(34)29-16)31-24-22(26)18(35-2)10-19(36-3)23(24)27/h4-5,7-8,10-12,16H,6,9,13H2,1-3H3,(H,29,34)/b31-20+. The number of aromatic nitrogens is 4. The summed E-state index contributed by atoms with van der Waals surface area (Å²) in [5.41, 5.74) is 3.27. The molecule has 1 aliphatic heterocycles. The van der Waals surface area contributed by atoms with E-state index in [0.29, 0.717) is 41.3 Å². The van der Waals surface area contributed by atoms with Gasteiger partial charge in [0.15, 0.2) is 0 Å². The highest BCUT2D eigenvalue weighted by Gasteiger charge is 2.23. The number of pyridine rings is 2. The first-order chi connectivity index (χ1) is 17.4. The van der Waals surface area contributed by atoms with Gasteiger partial charge >= 0.3 is 0 Å². The van der Waals surface area contributed by atoms with Gasteiger partial charge in [-0.05, 0) is 30.7 Å². The molecule has 186 valence electrons. The van der Waals surface area contributed by atoms with Crippen molar-refractivity contribution in [3.05, 3.63) is 58.3 Å². The van der Waals surface area contributed by atoms with Gasteiger partial charge < -0.3 is 19.4 Å². The van der Waals surface area contributed by atoms with Crippen molar-refractivity contribution in [3.8, 4) is 22.8 Å². The van der Waals surface area contributed by atoms with Crippen molar-refractivity contribution in [1.82, 2.24) is 24.6 Å². The zero-order chi connectivity index (χ0) is 25.4. The van der Waals surface area contributed by atoms with Crippen molar-refractivity contribution in [2.24, 2.45) is 12.0 Å². The van der Waals surface area contributed by atoms with E-state index in [1.54, 1.807) is 16.9 Å². The SMILES string of the molecule is COc1cc(OC)c(Cl)c(/N=c2\ccc3ccc(-c4cnn(C)c4)nc3n2CC2CCC(=O)N2)c1Cl. The predicted octanol–water partition coefficient (Wildman–Crippen LogP) is 4.27. The average molecular weight is 527 g/mol. The minimum absolute atomic E-state index is 0.0342. The highest BCUT2D eigenvalue weighted by Crippen LogP contribution is 2.45. The maximum Gasteiger partial charge on any atom is 0.220 e. The summed E-state index contributed by atoms with van der Waals surface area (Å²) in [7, 11) is 4.89. The van der Waals surface area contributed by atoms with E-state index in [-0.39, 0.29) is 22.0 Å². The number of amides is 1. The van der Waals surface area contributed by atoms with Crippen LogP contribution in [-0.2, 0) is 18.4 Å². The van der Waals surface area contributed by atoms with Crippen molar-refractivity contribution in [3.63, 3.8) is 0 Å². The second-order valence-electron chi connectivity index (χ2n) is 8.49. The number of benzene rings is 1. The number of carbonyl (C=O) groups excluding carboxylic acids is 1. The van der Waals surface area contributed by atoms with Crippen molar-refractivity contribution < 1.29 is 14.3 Å². The molecule has 1 aliphatic rings. The molecule has 1 unspecified atom stereocenters. The molecule has 4 aromatic rings. The summed E-state index contributed by atoms with van der Waals surface area (Å²) in [6, 6.07) is 9.34. The van der Waals surface area contributed by atoms with Crippen LogP contribution in [0.5, 0.6) is 11.5 Å². The maximum atomic E-state index is 11.9. The highest BCUT2D eigenvalue weighted by atomic mass is 35.5.